The van der Waals surface area contributed by atoms with E-state index in [9.17, 15) is 13.2 Å². The summed E-state index contributed by atoms with van der Waals surface area (Å²) in [6, 6.07) is 13.8. The molecule has 28 heavy (non-hydrogen) atoms. The van der Waals surface area contributed by atoms with Gasteiger partial charge in [0.05, 0.1) is 19.5 Å². The summed E-state index contributed by atoms with van der Waals surface area (Å²) in [5.41, 5.74) is 1.58. The zero-order chi connectivity index (χ0) is 20.1. The van der Waals surface area contributed by atoms with Crippen LogP contribution in [0.5, 0.6) is 11.5 Å². The van der Waals surface area contributed by atoms with E-state index in [-0.39, 0.29) is 24.1 Å². The van der Waals surface area contributed by atoms with E-state index in [2.05, 4.69) is 11.8 Å². The normalized spacial score (nSPS) is 19.4. The van der Waals surface area contributed by atoms with Crippen LogP contribution in [0.3, 0.4) is 0 Å². The first-order valence-electron chi connectivity index (χ1n) is 8.64. The van der Waals surface area contributed by atoms with E-state index in [1.54, 1.807) is 19.2 Å². The van der Waals surface area contributed by atoms with Gasteiger partial charge in [0.1, 0.15) is 23.4 Å². The Bertz CT molecular complexity index is 998. The van der Waals surface area contributed by atoms with Gasteiger partial charge in [-0.25, -0.2) is 0 Å². The maximum atomic E-state index is 12.1. The summed E-state index contributed by atoms with van der Waals surface area (Å²) in [4.78, 5) is 12.1. The Hall–Kier alpha value is -2.82. The summed E-state index contributed by atoms with van der Waals surface area (Å²) in [5, 5.41) is 0. The van der Waals surface area contributed by atoms with Gasteiger partial charge >= 0.3 is 10.1 Å². The van der Waals surface area contributed by atoms with E-state index in [1.807, 2.05) is 24.3 Å². The Labute approximate surface area is 164 Å². The van der Waals surface area contributed by atoms with Crippen LogP contribution in [0.4, 0.5) is 0 Å². The first kappa shape index (κ1) is 19.9. The lowest BCUT2D eigenvalue weighted by molar-refractivity contribution is -0.132. The van der Waals surface area contributed by atoms with Gasteiger partial charge in [0, 0.05) is 18.4 Å². The molecule has 3 rings (SSSR count). The molecule has 2 atom stereocenters. The Kier molecular flexibility index (Phi) is 6.02. The number of hydrogen-bond donors (Lipinski definition) is 0. The van der Waals surface area contributed by atoms with Gasteiger partial charge in [0.25, 0.3) is 0 Å². The van der Waals surface area contributed by atoms with Crippen molar-refractivity contribution in [3.8, 4) is 23.3 Å². The molecule has 0 aromatic heterocycles. The van der Waals surface area contributed by atoms with Crippen LogP contribution in [-0.2, 0) is 19.6 Å². The van der Waals surface area contributed by atoms with Gasteiger partial charge in [-0.1, -0.05) is 24.0 Å². The minimum Gasteiger partial charge on any atom is -0.497 e. The predicted octanol–water partition coefficient (Wildman–Crippen LogP) is 2.87. The lowest BCUT2D eigenvalue weighted by Gasteiger charge is -2.26. The molecule has 1 heterocycles. The summed E-state index contributed by atoms with van der Waals surface area (Å²) >= 11 is 0. The molecule has 0 N–H and O–H groups in total. The molecule has 0 amide bonds. The van der Waals surface area contributed by atoms with Crippen molar-refractivity contribution in [1.29, 1.82) is 0 Å². The minimum absolute atomic E-state index is 0.100. The number of Topliss-reactive ketones (excluding diaryl/α,β-unsaturated/α-hetero) is 1. The summed E-state index contributed by atoms with van der Waals surface area (Å²) in [6.07, 6.45) is 0.714. The molecule has 0 bridgehead atoms. The van der Waals surface area contributed by atoms with Crippen LogP contribution in [-0.4, -0.2) is 33.7 Å². The van der Waals surface area contributed by atoms with Crippen LogP contribution in [0.25, 0.3) is 0 Å². The number of carbonyl (C=O) groups is 1. The maximum absolute atomic E-state index is 12.1. The van der Waals surface area contributed by atoms with Gasteiger partial charge in [-0.05, 0) is 42.0 Å². The Morgan fingerprint density at radius 3 is 2.25 bits per heavy atom. The second-order valence-electron chi connectivity index (χ2n) is 6.41. The van der Waals surface area contributed by atoms with E-state index < -0.39 is 16.2 Å². The Morgan fingerprint density at radius 2 is 1.64 bits per heavy atom. The van der Waals surface area contributed by atoms with Crippen LogP contribution in [0, 0.1) is 11.8 Å². The molecule has 0 radical (unpaired) electrons. The van der Waals surface area contributed by atoms with Gasteiger partial charge in [0.2, 0.25) is 0 Å². The van der Waals surface area contributed by atoms with Gasteiger partial charge in [-0.3, -0.25) is 4.79 Å². The van der Waals surface area contributed by atoms with E-state index in [4.69, 9.17) is 13.7 Å². The molecule has 2 aromatic carbocycles. The second-order valence-corrected chi connectivity index (χ2v) is 7.99. The van der Waals surface area contributed by atoms with Crippen molar-refractivity contribution >= 4 is 15.9 Å². The molecule has 7 heteroatoms. The van der Waals surface area contributed by atoms with Gasteiger partial charge < -0.3 is 13.7 Å². The highest BCUT2D eigenvalue weighted by atomic mass is 32.2. The number of ether oxygens (including phenoxy) is 2. The average molecular weight is 400 g/mol. The van der Waals surface area contributed by atoms with Crippen molar-refractivity contribution in [2.75, 3.05) is 13.4 Å². The van der Waals surface area contributed by atoms with E-state index >= 15 is 0 Å². The quantitative estimate of drug-likeness (QED) is 0.580. The number of ketones is 1. The minimum atomic E-state index is -3.56. The number of methoxy groups -OCH3 is 1. The molecule has 1 saturated heterocycles. The first-order chi connectivity index (χ1) is 13.3. The largest absolute Gasteiger partial charge is 0.497 e. The zero-order valence-electron chi connectivity index (χ0n) is 15.5. The van der Waals surface area contributed by atoms with E-state index in [0.717, 1.165) is 17.6 Å². The van der Waals surface area contributed by atoms with Crippen LogP contribution >= 0.6 is 0 Å². The van der Waals surface area contributed by atoms with Crippen molar-refractivity contribution in [2.24, 2.45) is 0 Å². The third kappa shape index (κ3) is 5.59. The van der Waals surface area contributed by atoms with Crippen molar-refractivity contribution < 1.29 is 26.9 Å². The van der Waals surface area contributed by atoms with Crippen molar-refractivity contribution in [3.05, 3.63) is 59.7 Å². The van der Waals surface area contributed by atoms with Crippen LogP contribution < -0.4 is 8.92 Å². The predicted molar refractivity (Wildman–Crippen MR) is 104 cm³/mol. The van der Waals surface area contributed by atoms with Crippen molar-refractivity contribution in [1.82, 2.24) is 0 Å². The molecule has 1 aliphatic rings. The number of benzene rings is 2. The smallest absolute Gasteiger partial charge is 0.306 e. The molecule has 146 valence electrons. The summed E-state index contributed by atoms with van der Waals surface area (Å²) in [6.45, 7) is 0. The summed E-state index contributed by atoms with van der Waals surface area (Å²) < 4.78 is 38.2. The second kappa shape index (κ2) is 8.46. The molecule has 0 aliphatic carbocycles. The maximum Gasteiger partial charge on any atom is 0.306 e. The van der Waals surface area contributed by atoms with Crippen LogP contribution in [0.15, 0.2) is 48.5 Å². The van der Waals surface area contributed by atoms with E-state index in [1.165, 1.54) is 12.1 Å². The third-order valence-electron chi connectivity index (χ3n) is 4.12. The molecule has 2 unspecified atom stereocenters. The first-order valence-corrected chi connectivity index (χ1v) is 10.5. The molecule has 1 aliphatic heterocycles. The van der Waals surface area contributed by atoms with Gasteiger partial charge in [-0.2, -0.15) is 8.42 Å². The zero-order valence-corrected chi connectivity index (χ0v) is 16.4. The lowest BCUT2D eigenvalue weighted by atomic mass is 9.97. The molecule has 1 fully saturated rings. The monoisotopic (exact) mass is 400 g/mol. The fourth-order valence-electron chi connectivity index (χ4n) is 2.82. The average Bonchev–Trinajstić information content (AvgIpc) is 2.66. The lowest BCUT2D eigenvalue weighted by Crippen LogP contribution is -2.27. The highest BCUT2D eigenvalue weighted by molar-refractivity contribution is 7.86. The molecular weight excluding hydrogens is 380 g/mol. The van der Waals surface area contributed by atoms with E-state index in [0.29, 0.717) is 12.0 Å². The standard InChI is InChI=1S/C21H20O6S/c1-25-18-11-6-16(7-12-18)21-14-17(22)13-20(26-21)10-5-15-3-8-19(9-4-15)27-28(2,23)24/h3-4,6-9,11-12,20-21H,13-14H2,1-2H3. The van der Waals surface area contributed by atoms with Gasteiger partial charge in [-0.15, -0.1) is 0 Å². The van der Waals surface area contributed by atoms with Crippen molar-refractivity contribution in [3.63, 3.8) is 0 Å². The van der Waals surface area contributed by atoms with Crippen LogP contribution in [0.2, 0.25) is 0 Å². The fourth-order valence-corrected chi connectivity index (χ4v) is 3.28. The van der Waals surface area contributed by atoms with Crippen LogP contribution in [0.1, 0.15) is 30.1 Å². The molecule has 0 spiro atoms. The topological polar surface area (TPSA) is 78.9 Å². The Balaban J connectivity index is 1.69. The number of carbonyl (C=O) groups excluding carboxylic acids is 1. The molecule has 6 nitrogen and oxygen atoms in total. The fraction of sp³-hybridized carbons (Fsp3) is 0.286. The summed E-state index contributed by atoms with van der Waals surface area (Å²) in [5.74, 6) is 7.01. The number of hydrogen-bond acceptors (Lipinski definition) is 6. The van der Waals surface area contributed by atoms with Crippen molar-refractivity contribution in [2.45, 2.75) is 25.0 Å². The third-order valence-corrected chi connectivity index (χ3v) is 4.62. The molecule has 2 aromatic rings. The summed E-state index contributed by atoms with van der Waals surface area (Å²) in [7, 11) is -1.97. The highest BCUT2D eigenvalue weighted by Crippen LogP contribution is 2.30. The van der Waals surface area contributed by atoms with Gasteiger partial charge in [0.15, 0.2) is 0 Å². The highest BCUT2D eigenvalue weighted by Gasteiger charge is 2.28. The molecular formula is C21H20O6S. The SMILES string of the molecule is COc1ccc(C2CC(=O)CC(C#Cc3ccc(OS(C)(=O)=O)cc3)O2)cc1. The number of rotatable bonds is 4. The molecule has 0 saturated carbocycles. The Morgan fingerprint density at radius 1 is 1.00 bits per heavy atom.